The van der Waals surface area contributed by atoms with Gasteiger partial charge in [-0.15, -0.1) is 5.10 Å². The molecule has 2 atom stereocenters. The van der Waals surface area contributed by atoms with E-state index in [1.807, 2.05) is 18.2 Å². The van der Waals surface area contributed by atoms with Gasteiger partial charge in [-0.2, -0.15) is 5.10 Å². The Bertz CT molecular complexity index is 904. The van der Waals surface area contributed by atoms with Crippen LogP contribution >= 0.6 is 0 Å². The summed E-state index contributed by atoms with van der Waals surface area (Å²) in [5.74, 6) is 0.922. The zero-order chi connectivity index (χ0) is 18.9. The molecule has 1 aromatic heterocycles. The predicted octanol–water partition coefficient (Wildman–Crippen LogP) is 1.76. The third kappa shape index (κ3) is 4.12. The highest BCUT2D eigenvalue weighted by molar-refractivity contribution is 7.89. The van der Waals surface area contributed by atoms with Crippen LogP contribution in [0.1, 0.15) is 42.9 Å². The first kappa shape index (κ1) is 18.3. The van der Waals surface area contributed by atoms with Gasteiger partial charge in [0.05, 0.1) is 4.90 Å². The van der Waals surface area contributed by atoms with Crippen molar-refractivity contribution in [3.8, 4) is 0 Å². The van der Waals surface area contributed by atoms with E-state index in [4.69, 9.17) is 5.14 Å². The summed E-state index contributed by atoms with van der Waals surface area (Å²) in [5, 5.41) is 17.3. The molecule has 2 heterocycles. The average molecular weight is 388 g/mol. The highest BCUT2D eigenvalue weighted by Crippen LogP contribution is 2.32. The maximum atomic E-state index is 11.6. The van der Waals surface area contributed by atoms with Crippen molar-refractivity contribution in [2.45, 2.75) is 49.1 Å². The van der Waals surface area contributed by atoms with E-state index in [9.17, 15) is 8.42 Å². The van der Waals surface area contributed by atoms with E-state index in [1.165, 1.54) is 5.56 Å². The molecule has 1 aliphatic heterocycles. The van der Waals surface area contributed by atoms with E-state index >= 15 is 0 Å². The normalized spacial score (nSPS) is 23.1. The van der Waals surface area contributed by atoms with Crippen LogP contribution in [0.2, 0.25) is 0 Å². The minimum absolute atomic E-state index is 0.202. The van der Waals surface area contributed by atoms with Crippen molar-refractivity contribution in [3.63, 3.8) is 0 Å². The maximum absolute atomic E-state index is 11.6. The molecular weight excluding hydrogens is 362 g/mol. The summed E-state index contributed by atoms with van der Waals surface area (Å²) in [5.41, 5.74) is 2.29. The summed E-state index contributed by atoms with van der Waals surface area (Å²) in [6.07, 6.45) is 6.92. The fourth-order valence-electron chi connectivity index (χ4n) is 4.21. The molecule has 1 aromatic carbocycles. The molecular formula is C19H25N5O2S. The molecule has 8 heteroatoms. The van der Waals surface area contributed by atoms with Gasteiger partial charge in [-0.05, 0) is 67.5 Å². The minimum Gasteiger partial charge on any atom is -0.354 e. The number of hydrogen-bond acceptors (Lipinski definition) is 6. The van der Waals surface area contributed by atoms with Crippen molar-refractivity contribution in [1.29, 1.82) is 0 Å². The number of rotatable bonds is 4. The molecule has 2 aliphatic rings. The molecule has 1 fully saturated rings. The van der Waals surface area contributed by atoms with Crippen LogP contribution < -0.4 is 15.4 Å². The number of aromatic nitrogens is 2. The Balaban J connectivity index is 1.49. The van der Waals surface area contributed by atoms with Crippen molar-refractivity contribution >= 4 is 15.8 Å². The largest absolute Gasteiger partial charge is 0.354 e. The van der Waals surface area contributed by atoms with Crippen molar-refractivity contribution in [1.82, 2.24) is 15.5 Å². The van der Waals surface area contributed by atoms with Gasteiger partial charge in [-0.1, -0.05) is 6.07 Å². The first-order valence-corrected chi connectivity index (χ1v) is 11.0. The summed E-state index contributed by atoms with van der Waals surface area (Å²) >= 11 is 0. The van der Waals surface area contributed by atoms with Crippen LogP contribution in [0.4, 0.5) is 5.82 Å². The number of sulfonamides is 1. The molecule has 2 unspecified atom stereocenters. The molecule has 4 rings (SSSR count). The van der Waals surface area contributed by atoms with Gasteiger partial charge in [0.2, 0.25) is 10.0 Å². The minimum atomic E-state index is -3.66. The topological polar surface area (TPSA) is 101 Å². The second-order valence-corrected chi connectivity index (χ2v) is 8.95. The van der Waals surface area contributed by atoms with Crippen molar-refractivity contribution < 1.29 is 8.42 Å². The standard InChI is InChI=1S/C19H25N5O2S/c20-27(25,26)16-8-9-17-14(12-16)4-1-6-18(17)22-15-5-3-11-24(13-15)19-7-2-10-21-23-19/h2,7-10,12,15,18,22H,1,3-6,11,13H2,(H2,20,25,26). The number of piperidine rings is 1. The summed E-state index contributed by atoms with van der Waals surface area (Å²) in [7, 11) is -3.66. The van der Waals surface area contributed by atoms with Crippen LogP contribution in [0.15, 0.2) is 41.4 Å². The summed E-state index contributed by atoms with van der Waals surface area (Å²) in [4.78, 5) is 2.48. The molecule has 7 nitrogen and oxygen atoms in total. The SMILES string of the molecule is NS(=O)(=O)c1ccc2c(c1)CCCC2NC1CCCN(c2cccnn2)C1. The van der Waals surface area contributed by atoms with Crippen molar-refractivity contribution in [3.05, 3.63) is 47.7 Å². The molecule has 144 valence electrons. The van der Waals surface area contributed by atoms with Crippen LogP contribution in [0.5, 0.6) is 0 Å². The van der Waals surface area contributed by atoms with E-state index in [0.29, 0.717) is 6.04 Å². The summed E-state index contributed by atoms with van der Waals surface area (Å²) in [6, 6.07) is 9.83. The molecule has 3 N–H and O–H groups in total. The number of nitrogens with two attached hydrogens (primary N) is 1. The number of hydrogen-bond donors (Lipinski definition) is 2. The van der Waals surface area contributed by atoms with Crippen LogP contribution in [-0.2, 0) is 16.4 Å². The van der Waals surface area contributed by atoms with Gasteiger partial charge in [0.25, 0.3) is 0 Å². The Labute approximate surface area is 160 Å². The fraction of sp³-hybridized carbons (Fsp3) is 0.474. The van der Waals surface area contributed by atoms with Crippen LogP contribution in [-0.4, -0.2) is 37.7 Å². The molecule has 0 spiro atoms. The van der Waals surface area contributed by atoms with E-state index in [-0.39, 0.29) is 10.9 Å². The summed E-state index contributed by atoms with van der Waals surface area (Å²) in [6.45, 7) is 1.90. The number of nitrogens with one attached hydrogen (secondary N) is 1. The Hall–Kier alpha value is -2.03. The highest BCUT2D eigenvalue weighted by Gasteiger charge is 2.27. The van der Waals surface area contributed by atoms with Gasteiger partial charge < -0.3 is 10.2 Å². The quantitative estimate of drug-likeness (QED) is 0.829. The lowest BCUT2D eigenvalue weighted by Crippen LogP contribution is -2.47. The number of anilines is 1. The predicted molar refractivity (Wildman–Crippen MR) is 104 cm³/mol. The van der Waals surface area contributed by atoms with Crippen molar-refractivity contribution in [2.24, 2.45) is 5.14 Å². The Morgan fingerprint density at radius 1 is 1.19 bits per heavy atom. The molecule has 0 bridgehead atoms. The van der Waals surface area contributed by atoms with Gasteiger partial charge in [-0.3, -0.25) is 0 Å². The second kappa shape index (κ2) is 7.53. The average Bonchev–Trinajstić information content (AvgIpc) is 2.68. The number of nitrogens with zero attached hydrogens (tertiary/aromatic N) is 3. The number of benzene rings is 1. The van der Waals surface area contributed by atoms with Crippen LogP contribution in [0.3, 0.4) is 0 Å². The molecule has 0 radical (unpaired) electrons. The maximum Gasteiger partial charge on any atom is 0.238 e. The highest BCUT2D eigenvalue weighted by atomic mass is 32.2. The van der Waals surface area contributed by atoms with E-state index in [0.717, 1.165) is 56.6 Å². The number of primary sulfonamides is 1. The zero-order valence-corrected chi connectivity index (χ0v) is 16.0. The van der Waals surface area contributed by atoms with Gasteiger partial charge in [0.1, 0.15) is 0 Å². The van der Waals surface area contributed by atoms with Gasteiger partial charge in [0, 0.05) is 31.4 Å². The lowest BCUT2D eigenvalue weighted by atomic mass is 9.87. The number of fused-ring (bicyclic) bond motifs is 1. The summed E-state index contributed by atoms with van der Waals surface area (Å²) < 4.78 is 23.3. The van der Waals surface area contributed by atoms with E-state index in [2.05, 4.69) is 20.4 Å². The zero-order valence-electron chi connectivity index (χ0n) is 15.2. The number of aryl methyl sites for hydroxylation is 1. The smallest absolute Gasteiger partial charge is 0.238 e. The van der Waals surface area contributed by atoms with Crippen LogP contribution in [0.25, 0.3) is 0 Å². The fourth-order valence-corrected chi connectivity index (χ4v) is 4.77. The lowest BCUT2D eigenvalue weighted by molar-refractivity contribution is 0.351. The van der Waals surface area contributed by atoms with E-state index < -0.39 is 10.0 Å². The van der Waals surface area contributed by atoms with Crippen molar-refractivity contribution in [2.75, 3.05) is 18.0 Å². The van der Waals surface area contributed by atoms with Gasteiger partial charge in [-0.25, -0.2) is 13.6 Å². The third-order valence-corrected chi connectivity index (χ3v) is 6.41. The first-order chi connectivity index (χ1) is 13.0. The molecule has 27 heavy (non-hydrogen) atoms. The molecule has 1 saturated heterocycles. The van der Waals surface area contributed by atoms with E-state index in [1.54, 1.807) is 18.3 Å². The second-order valence-electron chi connectivity index (χ2n) is 7.38. The Morgan fingerprint density at radius 2 is 2.07 bits per heavy atom. The van der Waals surface area contributed by atoms with Crippen LogP contribution in [0, 0.1) is 0 Å². The Morgan fingerprint density at radius 3 is 2.85 bits per heavy atom. The molecule has 0 amide bonds. The monoisotopic (exact) mass is 387 g/mol. The Kier molecular flexibility index (Phi) is 5.12. The third-order valence-electron chi connectivity index (χ3n) is 5.50. The molecule has 1 aliphatic carbocycles. The first-order valence-electron chi connectivity index (χ1n) is 9.45. The van der Waals surface area contributed by atoms with Gasteiger partial charge >= 0.3 is 0 Å². The van der Waals surface area contributed by atoms with Gasteiger partial charge in [0.15, 0.2) is 5.82 Å². The molecule has 0 saturated carbocycles. The lowest BCUT2D eigenvalue weighted by Gasteiger charge is -2.37. The molecule has 2 aromatic rings.